The Bertz CT molecular complexity index is 591. The van der Waals surface area contributed by atoms with E-state index in [1.54, 1.807) is 6.92 Å². The third-order valence-corrected chi connectivity index (χ3v) is 2.80. The second kappa shape index (κ2) is 3.23. The molecule has 2 aromatic rings. The van der Waals surface area contributed by atoms with Crippen LogP contribution in [0.5, 0.6) is 0 Å². The van der Waals surface area contributed by atoms with Crippen LogP contribution in [0.4, 0.5) is 0 Å². The number of aryl methyl sites for hydroxylation is 3. The molecule has 2 rings (SSSR count). The summed E-state index contributed by atoms with van der Waals surface area (Å²) in [6.07, 6.45) is 0. The van der Waals surface area contributed by atoms with Crippen LogP contribution in [0.15, 0.2) is 21.3 Å². The van der Waals surface area contributed by atoms with E-state index in [0.717, 1.165) is 11.1 Å². The molecule has 0 aliphatic carbocycles. The highest BCUT2D eigenvalue weighted by molar-refractivity contribution is 5.81. The summed E-state index contributed by atoms with van der Waals surface area (Å²) < 4.78 is 5.63. The molecule has 1 aromatic carbocycles. The van der Waals surface area contributed by atoms with Crippen LogP contribution >= 0.6 is 0 Å². The van der Waals surface area contributed by atoms with Crippen molar-refractivity contribution >= 4 is 11.0 Å². The monoisotopic (exact) mass is 202 g/mol. The Hall–Kier alpha value is -1.57. The van der Waals surface area contributed by atoms with Gasteiger partial charge in [0.05, 0.1) is 5.39 Å². The molecule has 0 saturated heterocycles. The van der Waals surface area contributed by atoms with Gasteiger partial charge in [0, 0.05) is 5.56 Å². The van der Waals surface area contributed by atoms with Crippen LogP contribution in [0, 0.1) is 27.7 Å². The third kappa shape index (κ3) is 1.46. The van der Waals surface area contributed by atoms with E-state index in [0.29, 0.717) is 22.3 Å². The van der Waals surface area contributed by atoms with Crippen LogP contribution in [-0.4, -0.2) is 0 Å². The quantitative estimate of drug-likeness (QED) is 0.657. The molecule has 15 heavy (non-hydrogen) atoms. The number of hydrogen-bond acceptors (Lipinski definition) is 2. The molecule has 0 atom stereocenters. The molecule has 2 nitrogen and oxygen atoms in total. The SMILES string of the molecule is Cc1cc(C)c2c(=O)c(C)c(C)oc2c1. The van der Waals surface area contributed by atoms with E-state index >= 15 is 0 Å². The van der Waals surface area contributed by atoms with E-state index in [4.69, 9.17) is 4.42 Å². The molecule has 0 fully saturated rings. The van der Waals surface area contributed by atoms with Gasteiger partial charge in [-0.15, -0.1) is 0 Å². The molecule has 0 aliphatic rings. The van der Waals surface area contributed by atoms with Gasteiger partial charge in [-0.1, -0.05) is 6.07 Å². The van der Waals surface area contributed by atoms with Crippen molar-refractivity contribution in [1.29, 1.82) is 0 Å². The number of fused-ring (bicyclic) bond motifs is 1. The van der Waals surface area contributed by atoms with Crippen molar-refractivity contribution in [2.24, 2.45) is 0 Å². The maximum atomic E-state index is 12.0. The van der Waals surface area contributed by atoms with Gasteiger partial charge in [-0.25, -0.2) is 0 Å². The average molecular weight is 202 g/mol. The van der Waals surface area contributed by atoms with E-state index in [9.17, 15) is 4.79 Å². The maximum Gasteiger partial charge on any atom is 0.196 e. The maximum absolute atomic E-state index is 12.0. The van der Waals surface area contributed by atoms with E-state index in [1.807, 2.05) is 32.9 Å². The lowest BCUT2D eigenvalue weighted by molar-refractivity contribution is 0.558. The minimum atomic E-state index is 0.0891. The Morgan fingerprint density at radius 2 is 1.73 bits per heavy atom. The summed E-state index contributed by atoms with van der Waals surface area (Å²) in [4.78, 5) is 12.0. The van der Waals surface area contributed by atoms with Gasteiger partial charge in [-0.3, -0.25) is 4.79 Å². The lowest BCUT2D eigenvalue weighted by Gasteiger charge is -2.06. The van der Waals surface area contributed by atoms with E-state index < -0.39 is 0 Å². The number of benzene rings is 1. The van der Waals surface area contributed by atoms with Crippen LogP contribution in [0.25, 0.3) is 11.0 Å². The van der Waals surface area contributed by atoms with Crippen molar-refractivity contribution in [3.63, 3.8) is 0 Å². The molecule has 0 bridgehead atoms. The summed E-state index contributed by atoms with van der Waals surface area (Å²) in [5.74, 6) is 0.706. The lowest BCUT2D eigenvalue weighted by atomic mass is 10.0. The van der Waals surface area contributed by atoms with Gasteiger partial charge in [-0.2, -0.15) is 0 Å². The van der Waals surface area contributed by atoms with E-state index in [2.05, 4.69) is 0 Å². The highest BCUT2D eigenvalue weighted by Gasteiger charge is 2.09. The second-order valence-corrected chi connectivity index (χ2v) is 4.07. The fourth-order valence-corrected chi connectivity index (χ4v) is 1.89. The molecule has 0 saturated carbocycles. The zero-order valence-corrected chi connectivity index (χ0v) is 9.47. The van der Waals surface area contributed by atoms with Gasteiger partial charge >= 0.3 is 0 Å². The first-order valence-corrected chi connectivity index (χ1v) is 5.02. The Morgan fingerprint density at radius 1 is 1.07 bits per heavy atom. The highest BCUT2D eigenvalue weighted by atomic mass is 16.3. The highest BCUT2D eigenvalue weighted by Crippen LogP contribution is 2.19. The predicted octanol–water partition coefficient (Wildman–Crippen LogP) is 3.03. The Balaban J connectivity index is 3.06. The standard InChI is InChI=1S/C13H14O2/c1-7-5-8(2)12-11(6-7)15-10(4)9(3)13(12)14/h5-6H,1-4H3. The van der Waals surface area contributed by atoms with Crippen LogP contribution in [-0.2, 0) is 0 Å². The minimum absolute atomic E-state index is 0.0891. The predicted molar refractivity (Wildman–Crippen MR) is 61.4 cm³/mol. The topological polar surface area (TPSA) is 30.2 Å². The third-order valence-electron chi connectivity index (χ3n) is 2.80. The van der Waals surface area contributed by atoms with Crippen molar-refractivity contribution < 1.29 is 4.42 Å². The fraction of sp³-hybridized carbons (Fsp3) is 0.308. The molecule has 0 N–H and O–H groups in total. The first kappa shape index (κ1) is 9.97. The summed E-state index contributed by atoms with van der Waals surface area (Å²) in [7, 11) is 0. The van der Waals surface area contributed by atoms with Crippen molar-refractivity contribution in [1.82, 2.24) is 0 Å². The van der Waals surface area contributed by atoms with E-state index in [-0.39, 0.29) is 5.43 Å². The Kier molecular flexibility index (Phi) is 2.14. The lowest BCUT2D eigenvalue weighted by Crippen LogP contribution is -2.08. The first-order chi connectivity index (χ1) is 7.00. The summed E-state index contributed by atoms with van der Waals surface area (Å²) in [6, 6.07) is 3.92. The molecule has 2 heteroatoms. The first-order valence-electron chi connectivity index (χ1n) is 5.02. The molecule has 0 radical (unpaired) electrons. The molecule has 0 aliphatic heterocycles. The largest absolute Gasteiger partial charge is 0.461 e. The molecular formula is C13H14O2. The second-order valence-electron chi connectivity index (χ2n) is 4.07. The van der Waals surface area contributed by atoms with Crippen molar-refractivity contribution in [3.05, 3.63) is 44.8 Å². The zero-order valence-electron chi connectivity index (χ0n) is 9.47. The van der Waals surface area contributed by atoms with Crippen molar-refractivity contribution in [2.75, 3.05) is 0 Å². The van der Waals surface area contributed by atoms with Crippen LogP contribution < -0.4 is 5.43 Å². The zero-order chi connectivity index (χ0) is 11.2. The fourth-order valence-electron chi connectivity index (χ4n) is 1.89. The minimum Gasteiger partial charge on any atom is -0.461 e. The smallest absolute Gasteiger partial charge is 0.196 e. The number of hydrogen-bond donors (Lipinski definition) is 0. The van der Waals surface area contributed by atoms with Gasteiger partial charge in [0.2, 0.25) is 0 Å². The van der Waals surface area contributed by atoms with Gasteiger partial charge in [0.1, 0.15) is 11.3 Å². The van der Waals surface area contributed by atoms with Gasteiger partial charge < -0.3 is 4.42 Å². The Labute approximate surface area is 88.5 Å². The summed E-state index contributed by atoms with van der Waals surface area (Å²) in [5.41, 5.74) is 3.59. The van der Waals surface area contributed by atoms with Crippen molar-refractivity contribution in [3.8, 4) is 0 Å². The molecule has 1 heterocycles. The molecule has 0 amide bonds. The van der Waals surface area contributed by atoms with Crippen molar-refractivity contribution in [2.45, 2.75) is 27.7 Å². The summed E-state index contributed by atoms with van der Waals surface area (Å²) >= 11 is 0. The van der Waals surface area contributed by atoms with Gasteiger partial charge in [-0.05, 0) is 44.9 Å². The van der Waals surface area contributed by atoms with Crippen LogP contribution in [0.1, 0.15) is 22.5 Å². The van der Waals surface area contributed by atoms with Crippen LogP contribution in [0.2, 0.25) is 0 Å². The van der Waals surface area contributed by atoms with E-state index in [1.165, 1.54) is 0 Å². The van der Waals surface area contributed by atoms with Crippen LogP contribution in [0.3, 0.4) is 0 Å². The molecule has 0 unspecified atom stereocenters. The number of rotatable bonds is 0. The average Bonchev–Trinajstić information content (AvgIpc) is 2.13. The molecule has 78 valence electrons. The molecule has 1 aromatic heterocycles. The Morgan fingerprint density at radius 3 is 2.40 bits per heavy atom. The summed E-state index contributed by atoms with van der Waals surface area (Å²) in [6.45, 7) is 7.58. The molecule has 0 spiro atoms. The van der Waals surface area contributed by atoms with Gasteiger partial charge in [0.15, 0.2) is 5.43 Å². The summed E-state index contributed by atoms with van der Waals surface area (Å²) in [5, 5.41) is 0.712. The normalized spacial score (nSPS) is 10.9. The van der Waals surface area contributed by atoms with Gasteiger partial charge in [0.25, 0.3) is 0 Å². The molecular weight excluding hydrogens is 188 g/mol.